The first-order valence-corrected chi connectivity index (χ1v) is 6.26. The maximum absolute atomic E-state index is 11.8. The van der Waals surface area contributed by atoms with Crippen molar-refractivity contribution in [3.8, 4) is 0 Å². The van der Waals surface area contributed by atoms with Crippen LogP contribution >= 0.6 is 23.4 Å². The summed E-state index contributed by atoms with van der Waals surface area (Å²) >= 11 is 5.67. The van der Waals surface area contributed by atoms with Crippen molar-refractivity contribution >= 4 is 29.3 Å². The predicted molar refractivity (Wildman–Crippen MR) is 63.8 cm³/mol. The fraction of sp³-hybridized carbons (Fsp3) is 0.556. The van der Waals surface area contributed by atoms with E-state index >= 15 is 0 Å². The number of alkyl halides is 3. The van der Waals surface area contributed by atoms with Gasteiger partial charge in [0.05, 0.1) is 10.7 Å². The van der Waals surface area contributed by atoms with E-state index in [9.17, 15) is 18.0 Å². The lowest BCUT2D eigenvalue weighted by atomic mass is 10.3. The Kier molecular flexibility index (Phi) is 4.92. The summed E-state index contributed by atoms with van der Waals surface area (Å²) < 4.78 is 36.9. The van der Waals surface area contributed by atoms with Crippen LogP contribution in [0.15, 0.2) is 0 Å². The molecule has 0 saturated carbocycles. The molecule has 0 saturated heterocycles. The van der Waals surface area contributed by atoms with Crippen molar-refractivity contribution in [3.05, 3.63) is 16.4 Å². The van der Waals surface area contributed by atoms with Crippen LogP contribution in [0.2, 0.25) is 5.02 Å². The second kappa shape index (κ2) is 5.83. The zero-order chi connectivity index (χ0) is 13.9. The van der Waals surface area contributed by atoms with Gasteiger partial charge >= 0.3 is 5.51 Å². The van der Waals surface area contributed by atoms with Gasteiger partial charge in [0, 0.05) is 19.3 Å². The molecule has 1 heterocycles. The molecule has 1 aromatic rings. The zero-order valence-electron chi connectivity index (χ0n) is 9.64. The Hall–Kier alpha value is -0.890. The molecule has 0 atom stereocenters. The van der Waals surface area contributed by atoms with Crippen molar-refractivity contribution in [2.45, 2.75) is 12.4 Å². The lowest BCUT2D eigenvalue weighted by molar-refractivity contribution is -0.0327. The van der Waals surface area contributed by atoms with Gasteiger partial charge in [-0.05, 0) is 18.7 Å². The quantitative estimate of drug-likeness (QED) is 0.869. The fourth-order valence-corrected chi connectivity index (χ4v) is 1.82. The van der Waals surface area contributed by atoms with E-state index in [0.29, 0.717) is 5.69 Å². The molecule has 0 aliphatic heterocycles. The molecule has 1 aromatic heterocycles. The first kappa shape index (κ1) is 15.2. The first-order chi connectivity index (χ1) is 8.22. The SMILES string of the molecule is Cc1c(Cl)c(C(=O)NCCSC(F)(F)F)nn1C. The molecule has 0 radical (unpaired) electrons. The largest absolute Gasteiger partial charge is 0.441 e. The summed E-state index contributed by atoms with van der Waals surface area (Å²) in [6, 6.07) is 0. The van der Waals surface area contributed by atoms with Crippen LogP contribution in [0.5, 0.6) is 0 Å². The van der Waals surface area contributed by atoms with Crippen LogP contribution in [0.3, 0.4) is 0 Å². The highest BCUT2D eigenvalue weighted by atomic mass is 35.5. The van der Waals surface area contributed by atoms with Crippen LogP contribution in [-0.2, 0) is 7.05 Å². The average Bonchev–Trinajstić information content (AvgIpc) is 2.51. The molecule has 18 heavy (non-hydrogen) atoms. The van der Waals surface area contributed by atoms with Gasteiger partial charge in [0.15, 0.2) is 5.69 Å². The van der Waals surface area contributed by atoms with Gasteiger partial charge in [0.2, 0.25) is 0 Å². The number of nitrogens with one attached hydrogen (secondary N) is 1. The van der Waals surface area contributed by atoms with Crippen molar-refractivity contribution in [1.29, 1.82) is 0 Å². The molecule has 9 heteroatoms. The standard InChI is InChI=1S/C9H11ClF3N3OS/c1-5-6(10)7(15-16(5)2)8(17)14-3-4-18-9(11,12)13/h3-4H2,1-2H3,(H,14,17). The Morgan fingerprint density at radius 1 is 1.56 bits per heavy atom. The van der Waals surface area contributed by atoms with E-state index in [2.05, 4.69) is 10.4 Å². The van der Waals surface area contributed by atoms with E-state index in [1.807, 2.05) is 0 Å². The number of halogens is 4. The van der Waals surface area contributed by atoms with Crippen LogP contribution in [0.4, 0.5) is 13.2 Å². The van der Waals surface area contributed by atoms with Crippen LogP contribution in [0, 0.1) is 6.92 Å². The van der Waals surface area contributed by atoms with Gasteiger partial charge in [-0.1, -0.05) is 11.6 Å². The molecule has 0 unspecified atom stereocenters. The summed E-state index contributed by atoms with van der Waals surface area (Å²) in [6.45, 7) is 1.58. The van der Waals surface area contributed by atoms with E-state index in [0.717, 1.165) is 0 Å². The van der Waals surface area contributed by atoms with E-state index in [1.54, 1.807) is 14.0 Å². The predicted octanol–water partition coefficient (Wildman–Crippen LogP) is 2.36. The Morgan fingerprint density at radius 2 is 2.17 bits per heavy atom. The smallest absolute Gasteiger partial charge is 0.350 e. The van der Waals surface area contributed by atoms with Gasteiger partial charge in [-0.15, -0.1) is 0 Å². The fourth-order valence-electron chi connectivity index (χ4n) is 1.14. The number of aryl methyl sites for hydroxylation is 1. The molecular formula is C9H11ClF3N3OS. The van der Waals surface area contributed by atoms with E-state index in [1.165, 1.54) is 4.68 Å². The summed E-state index contributed by atoms with van der Waals surface area (Å²) in [5.74, 6) is -0.829. The van der Waals surface area contributed by atoms with Crippen molar-refractivity contribution in [3.63, 3.8) is 0 Å². The number of aromatic nitrogens is 2. The van der Waals surface area contributed by atoms with Gasteiger partial charge in [-0.25, -0.2) is 0 Å². The van der Waals surface area contributed by atoms with Crippen molar-refractivity contribution in [2.24, 2.45) is 7.05 Å². The second-order valence-corrected chi connectivity index (χ2v) is 4.96. The Bertz CT molecular complexity index is 447. The van der Waals surface area contributed by atoms with Gasteiger partial charge in [-0.2, -0.15) is 18.3 Å². The van der Waals surface area contributed by atoms with Gasteiger partial charge < -0.3 is 5.32 Å². The molecule has 102 valence electrons. The molecule has 1 amide bonds. The lowest BCUT2D eigenvalue weighted by Crippen LogP contribution is -2.27. The van der Waals surface area contributed by atoms with E-state index < -0.39 is 11.4 Å². The molecule has 1 rings (SSSR count). The van der Waals surface area contributed by atoms with Gasteiger partial charge in [-0.3, -0.25) is 9.48 Å². The minimum Gasteiger partial charge on any atom is -0.350 e. The highest BCUT2D eigenvalue weighted by Gasteiger charge is 2.27. The van der Waals surface area contributed by atoms with Crippen molar-refractivity contribution in [2.75, 3.05) is 12.3 Å². The van der Waals surface area contributed by atoms with Gasteiger partial charge in [0.25, 0.3) is 5.91 Å². The number of hydrogen-bond donors (Lipinski definition) is 1. The van der Waals surface area contributed by atoms with Crippen molar-refractivity contribution < 1.29 is 18.0 Å². The highest BCUT2D eigenvalue weighted by Crippen LogP contribution is 2.29. The molecule has 0 aliphatic carbocycles. The van der Waals surface area contributed by atoms with Gasteiger partial charge in [0.1, 0.15) is 0 Å². The van der Waals surface area contributed by atoms with Crippen LogP contribution in [-0.4, -0.2) is 33.5 Å². The molecule has 4 nitrogen and oxygen atoms in total. The normalized spacial score (nSPS) is 11.7. The van der Waals surface area contributed by atoms with Crippen LogP contribution in [0.25, 0.3) is 0 Å². The molecule has 0 spiro atoms. The van der Waals surface area contributed by atoms with E-state index in [-0.39, 0.29) is 34.8 Å². The minimum atomic E-state index is -4.29. The Balaban J connectivity index is 2.49. The monoisotopic (exact) mass is 301 g/mol. The molecule has 0 aliphatic rings. The number of hydrogen-bond acceptors (Lipinski definition) is 3. The summed E-state index contributed by atoms with van der Waals surface area (Å²) in [5.41, 5.74) is -3.65. The number of carbonyl (C=O) groups is 1. The number of amides is 1. The molecule has 1 N–H and O–H groups in total. The minimum absolute atomic E-state index is 0.0219. The maximum Gasteiger partial charge on any atom is 0.441 e. The maximum atomic E-state index is 11.8. The first-order valence-electron chi connectivity index (χ1n) is 4.90. The zero-order valence-corrected chi connectivity index (χ0v) is 11.2. The number of nitrogens with zero attached hydrogens (tertiary/aromatic N) is 2. The third kappa shape index (κ3) is 4.09. The Morgan fingerprint density at radius 3 is 2.61 bits per heavy atom. The third-order valence-corrected chi connectivity index (χ3v) is 3.32. The van der Waals surface area contributed by atoms with E-state index in [4.69, 9.17) is 11.6 Å². The molecule has 0 bridgehead atoms. The number of rotatable bonds is 4. The molecule has 0 fully saturated rings. The average molecular weight is 302 g/mol. The number of carbonyl (C=O) groups excluding carboxylic acids is 1. The summed E-state index contributed by atoms with van der Waals surface area (Å²) in [5, 5.41) is 6.42. The van der Waals surface area contributed by atoms with Crippen molar-refractivity contribution in [1.82, 2.24) is 15.1 Å². The lowest BCUT2D eigenvalue weighted by Gasteiger charge is -2.06. The second-order valence-electron chi connectivity index (χ2n) is 3.42. The summed E-state index contributed by atoms with van der Waals surface area (Å²) in [4.78, 5) is 11.6. The topological polar surface area (TPSA) is 46.9 Å². The molecular weight excluding hydrogens is 291 g/mol. The Labute approximate surface area is 111 Å². The highest BCUT2D eigenvalue weighted by molar-refractivity contribution is 8.00. The summed E-state index contributed by atoms with van der Waals surface area (Å²) in [6.07, 6.45) is 0. The number of thioether (sulfide) groups is 1. The summed E-state index contributed by atoms with van der Waals surface area (Å²) in [7, 11) is 1.62. The molecule has 0 aromatic carbocycles. The third-order valence-electron chi connectivity index (χ3n) is 2.13. The van der Waals surface area contributed by atoms with Crippen LogP contribution < -0.4 is 5.32 Å². The van der Waals surface area contributed by atoms with Crippen LogP contribution in [0.1, 0.15) is 16.2 Å².